The highest BCUT2D eigenvalue weighted by molar-refractivity contribution is 5.83. The summed E-state index contributed by atoms with van der Waals surface area (Å²) in [5.74, 6) is 0.196. The van der Waals surface area contributed by atoms with Gasteiger partial charge in [0.1, 0.15) is 11.8 Å². The largest absolute Gasteiger partial charge is 0.494 e. The molecule has 7 nitrogen and oxygen atoms in total. The molecule has 2 saturated heterocycles. The molecular weight excluding hydrogens is 346 g/mol. The molecule has 2 aliphatic heterocycles. The van der Waals surface area contributed by atoms with Crippen LogP contribution in [0.5, 0.6) is 5.75 Å². The number of hydrogen-bond donors (Lipinski definition) is 2. The van der Waals surface area contributed by atoms with Gasteiger partial charge in [-0.3, -0.25) is 9.59 Å². The molecule has 0 unspecified atom stereocenters. The number of aliphatic carboxylic acids is 1. The number of nitriles is 1. The minimum atomic E-state index is -0.818. The van der Waals surface area contributed by atoms with Gasteiger partial charge in [-0.15, -0.1) is 0 Å². The maximum absolute atomic E-state index is 12.7. The highest BCUT2D eigenvalue weighted by Crippen LogP contribution is 2.29. The Labute approximate surface area is 158 Å². The molecule has 0 bridgehead atoms. The van der Waals surface area contributed by atoms with Crippen LogP contribution in [-0.4, -0.2) is 53.7 Å². The molecule has 0 radical (unpaired) electrons. The van der Waals surface area contributed by atoms with Gasteiger partial charge in [0.15, 0.2) is 0 Å². The van der Waals surface area contributed by atoms with Crippen LogP contribution in [0.1, 0.15) is 43.6 Å². The molecule has 0 aromatic heterocycles. The molecule has 7 heteroatoms. The first kappa shape index (κ1) is 19.2. The Morgan fingerprint density at radius 2 is 2.11 bits per heavy atom. The highest BCUT2D eigenvalue weighted by Gasteiger charge is 2.37. The molecule has 144 valence electrons. The number of nitrogens with one attached hydrogen (secondary N) is 1. The van der Waals surface area contributed by atoms with Gasteiger partial charge in [-0.1, -0.05) is 12.1 Å². The third kappa shape index (κ3) is 4.77. The van der Waals surface area contributed by atoms with Crippen LogP contribution in [0.2, 0.25) is 0 Å². The van der Waals surface area contributed by atoms with Crippen LogP contribution < -0.4 is 10.1 Å². The fraction of sp³-hybridized carbons (Fsp3) is 0.550. The lowest BCUT2D eigenvalue weighted by atomic mass is 9.96. The molecule has 2 aliphatic rings. The molecule has 2 fully saturated rings. The number of ether oxygens (including phenoxy) is 1. The van der Waals surface area contributed by atoms with E-state index in [1.54, 1.807) is 4.90 Å². The monoisotopic (exact) mass is 371 g/mol. The van der Waals surface area contributed by atoms with E-state index in [-0.39, 0.29) is 30.3 Å². The summed E-state index contributed by atoms with van der Waals surface area (Å²) in [6, 6.07) is 9.49. The lowest BCUT2D eigenvalue weighted by molar-refractivity contribution is -0.137. The van der Waals surface area contributed by atoms with Crippen LogP contribution in [0.25, 0.3) is 0 Å². The van der Waals surface area contributed by atoms with Crippen molar-refractivity contribution in [2.75, 3.05) is 19.7 Å². The summed E-state index contributed by atoms with van der Waals surface area (Å²) in [4.78, 5) is 24.9. The molecule has 0 saturated carbocycles. The average molecular weight is 371 g/mol. The summed E-state index contributed by atoms with van der Waals surface area (Å²) in [5, 5.41) is 21.1. The SMILES string of the molecule is N#C[C@@H]1CCCN1C(=O)[C@@H]1C[C@H](c2ccc(OCCCC(=O)O)cc2)CN1. The Morgan fingerprint density at radius 1 is 1.33 bits per heavy atom. The fourth-order valence-electron chi connectivity index (χ4n) is 3.79. The van der Waals surface area contributed by atoms with Crippen LogP contribution in [-0.2, 0) is 9.59 Å². The maximum atomic E-state index is 12.7. The first-order chi connectivity index (χ1) is 13.1. The predicted octanol–water partition coefficient (Wildman–Crippen LogP) is 1.89. The van der Waals surface area contributed by atoms with E-state index >= 15 is 0 Å². The molecule has 1 aromatic carbocycles. The van der Waals surface area contributed by atoms with Gasteiger partial charge in [0, 0.05) is 19.5 Å². The van der Waals surface area contributed by atoms with Crippen molar-refractivity contribution in [2.45, 2.75) is 50.1 Å². The Balaban J connectivity index is 1.50. The topological polar surface area (TPSA) is 103 Å². The third-order valence-corrected chi connectivity index (χ3v) is 5.27. The molecular formula is C20H25N3O4. The van der Waals surface area contributed by atoms with Gasteiger partial charge in [0.05, 0.1) is 18.7 Å². The first-order valence-electron chi connectivity index (χ1n) is 9.46. The molecule has 2 N–H and O–H groups in total. The molecule has 3 atom stereocenters. The number of carboxylic acid groups (broad SMARTS) is 1. The minimum absolute atomic E-state index is 0.0416. The Morgan fingerprint density at radius 3 is 2.81 bits per heavy atom. The van der Waals surface area contributed by atoms with E-state index in [4.69, 9.17) is 9.84 Å². The lowest BCUT2D eigenvalue weighted by Gasteiger charge is -2.23. The van der Waals surface area contributed by atoms with Crippen molar-refractivity contribution in [1.82, 2.24) is 10.2 Å². The molecule has 1 amide bonds. The number of likely N-dealkylation sites (tertiary alicyclic amines) is 1. The van der Waals surface area contributed by atoms with Crippen molar-refractivity contribution in [2.24, 2.45) is 0 Å². The maximum Gasteiger partial charge on any atom is 0.303 e. The second kappa shape index (κ2) is 8.87. The molecule has 3 rings (SSSR count). The van der Waals surface area contributed by atoms with E-state index < -0.39 is 5.97 Å². The summed E-state index contributed by atoms with van der Waals surface area (Å²) in [6.07, 6.45) is 2.98. The number of rotatable bonds is 7. The first-order valence-corrected chi connectivity index (χ1v) is 9.46. The molecule has 0 spiro atoms. The van der Waals surface area contributed by atoms with Crippen molar-refractivity contribution >= 4 is 11.9 Å². The average Bonchev–Trinajstić information content (AvgIpc) is 3.34. The summed E-state index contributed by atoms with van der Waals surface area (Å²) in [6.45, 7) is 1.79. The number of carbonyl (C=O) groups is 2. The van der Waals surface area contributed by atoms with Gasteiger partial charge >= 0.3 is 5.97 Å². The molecule has 27 heavy (non-hydrogen) atoms. The number of benzene rings is 1. The number of amides is 1. The van der Waals surface area contributed by atoms with Crippen LogP contribution in [0.3, 0.4) is 0 Å². The van der Waals surface area contributed by atoms with Crippen LogP contribution in [0.4, 0.5) is 0 Å². The van der Waals surface area contributed by atoms with E-state index in [1.165, 1.54) is 0 Å². The van der Waals surface area contributed by atoms with Gasteiger partial charge in [-0.2, -0.15) is 5.26 Å². The summed E-state index contributed by atoms with van der Waals surface area (Å²) >= 11 is 0. The van der Waals surface area contributed by atoms with Gasteiger partial charge in [0.2, 0.25) is 5.91 Å². The number of carboxylic acids is 1. The van der Waals surface area contributed by atoms with E-state index in [9.17, 15) is 14.9 Å². The summed E-state index contributed by atoms with van der Waals surface area (Å²) < 4.78 is 5.55. The zero-order chi connectivity index (χ0) is 19.2. The van der Waals surface area contributed by atoms with Gasteiger partial charge < -0.3 is 20.1 Å². The third-order valence-electron chi connectivity index (χ3n) is 5.27. The van der Waals surface area contributed by atoms with Crippen molar-refractivity contribution in [3.63, 3.8) is 0 Å². The Kier molecular flexibility index (Phi) is 6.30. The Hall–Kier alpha value is -2.59. The second-order valence-corrected chi connectivity index (χ2v) is 7.13. The van der Waals surface area contributed by atoms with Crippen molar-refractivity contribution in [1.29, 1.82) is 5.26 Å². The Bertz CT molecular complexity index is 713. The van der Waals surface area contributed by atoms with Crippen LogP contribution >= 0.6 is 0 Å². The molecule has 0 aliphatic carbocycles. The summed E-state index contributed by atoms with van der Waals surface area (Å²) in [7, 11) is 0. The van der Waals surface area contributed by atoms with Crippen LogP contribution in [0.15, 0.2) is 24.3 Å². The molecule has 1 aromatic rings. The van der Waals surface area contributed by atoms with E-state index in [2.05, 4.69) is 11.4 Å². The van der Waals surface area contributed by atoms with Crippen molar-refractivity contribution < 1.29 is 19.4 Å². The van der Waals surface area contributed by atoms with Crippen molar-refractivity contribution in [3.05, 3.63) is 29.8 Å². The number of nitrogens with zero attached hydrogens (tertiary/aromatic N) is 2. The fourth-order valence-corrected chi connectivity index (χ4v) is 3.79. The highest BCUT2D eigenvalue weighted by atomic mass is 16.5. The zero-order valence-electron chi connectivity index (χ0n) is 15.3. The van der Waals surface area contributed by atoms with E-state index in [0.29, 0.717) is 19.6 Å². The quantitative estimate of drug-likeness (QED) is 0.710. The zero-order valence-corrected chi connectivity index (χ0v) is 15.3. The predicted molar refractivity (Wildman–Crippen MR) is 98.3 cm³/mol. The number of hydrogen-bond acceptors (Lipinski definition) is 5. The van der Waals surface area contributed by atoms with Gasteiger partial charge in [0.25, 0.3) is 0 Å². The van der Waals surface area contributed by atoms with Crippen LogP contribution in [0, 0.1) is 11.3 Å². The van der Waals surface area contributed by atoms with Gasteiger partial charge in [-0.05, 0) is 49.3 Å². The second-order valence-electron chi connectivity index (χ2n) is 7.13. The van der Waals surface area contributed by atoms with Crippen molar-refractivity contribution in [3.8, 4) is 11.8 Å². The van der Waals surface area contributed by atoms with Gasteiger partial charge in [-0.25, -0.2) is 0 Å². The number of carbonyl (C=O) groups excluding carboxylic acids is 1. The van der Waals surface area contributed by atoms with E-state index in [1.807, 2.05) is 24.3 Å². The standard InChI is InChI=1S/C20H25N3O4/c21-12-16-3-1-9-23(16)20(26)18-11-15(13-22-18)14-5-7-17(8-6-14)27-10-2-4-19(24)25/h5-8,15-16,18,22H,1-4,9-11,13H2,(H,24,25)/t15-,16-,18-/m0/s1. The normalized spacial score (nSPS) is 24.6. The summed E-state index contributed by atoms with van der Waals surface area (Å²) in [5.41, 5.74) is 1.15. The smallest absolute Gasteiger partial charge is 0.303 e. The minimum Gasteiger partial charge on any atom is -0.494 e. The van der Waals surface area contributed by atoms with E-state index in [0.717, 1.165) is 37.1 Å². The molecule has 2 heterocycles. The lowest BCUT2D eigenvalue weighted by Crippen LogP contribution is -2.45.